The smallest absolute Gasteiger partial charge is 0.408 e. The Labute approximate surface area is 169 Å². The molecule has 3 N–H and O–H groups in total. The van der Waals surface area contributed by atoms with E-state index < -0.39 is 36.0 Å². The number of hydrogen-bond donors (Lipinski definition) is 3. The molecule has 0 aromatic heterocycles. The van der Waals surface area contributed by atoms with Crippen LogP contribution in [0, 0.1) is 0 Å². The van der Waals surface area contributed by atoms with E-state index in [9.17, 15) is 24.3 Å². The molecule has 0 aliphatic heterocycles. The first-order valence-electron chi connectivity index (χ1n) is 9.25. The predicted octanol–water partition coefficient (Wildman–Crippen LogP) is 1.99. The topological polar surface area (TPSA) is 131 Å². The fourth-order valence-corrected chi connectivity index (χ4v) is 2.22. The lowest BCUT2D eigenvalue weighted by Gasteiger charge is -2.19. The quantitative estimate of drug-likeness (QED) is 0.398. The molecule has 0 bridgehead atoms. The van der Waals surface area contributed by atoms with Gasteiger partial charge in [0.2, 0.25) is 5.91 Å². The molecule has 0 heterocycles. The summed E-state index contributed by atoms with van der Waals surface area (Å²) >= 11 is 0. The van der Waals surface area contributed by atoms with Crippen molar-refractivity contribution in [2.75, 3.05) is 6.54 Å². The van der Waals surface area contributed by atoms with Crippen LogP contribution in [0.25, 0.3) is 0 Å². The number of amides is 2. The Morgan fingerprint density at radius 3 is 2.34 bits per heavy atom. The molecule has 0 spiro atoms. The van der Waals surface area contributed by atoms with E-state index in [1.54, 1.807) is 45.0 Å². The Morgan fingerprint density at radius 2 is 1.76 bits per heavy atom. The van der Waals surface area contributed by atoms with E-state index in [2.05, 4.69) is 10.6 Å². The van der Waals surface area contributed by atoms with E-state index in [4.69, 9.17) is 9.47 Å². The number of benzene rings is 1. The molecule has 9 nitrogen and oxygen atoms in total. The van der Waals surface area contributed by atoms with Crippen molar-refractivity contribution in [3.05, 3.63) is 35.9 Å². The number of carboxylic acid groups (broad SMARTS) is 1. The molecular formula is C20H28N2O7. The normalized spacial score (nSPS) is 11.8. The summed E-state index contributed by atoms with van der Waals surface area (Å²) in [5, 5.41) is 13.9. The molecule has 160 valence electrons. The summed E-state index contributed by atoms with van der Waals surface area (Å²) < 4.78 is 10.1. The standard InChI is InChI=1S/C20H28N2O7/c1-20(2,3)29-17(24)10-7-11-21-16(23)12-15(18(25)26)22-19(27)28-13-14-8-5-4-6-9-14/h4-6,8-9,15H,7,10-13H2,1-3H3,(H,21,23)(H,22,27)(H,25,26). The number of carboxylic acids is 1. The van der Waals surface area contributed by atoms with Crippen LogP contribution in [0.1, 0.15) is 45.6 Å². The summed E-state index contributed by atoms with van der Waals surface area (Å²) in [5.74, 6) is -2.30. The molecule has 1 aromatic rings. The van der Waals surface area contributed by atoms with Crippen molar-refractivity contribution in [1.29, 1.82) is 0 Å². The Balaban J connectivity index is 2.33. The van der Waals surface area contributed by atoms with Crippen LogP contribution in [-0.2, 0) is 30.5 Å². The number of esters is 1. The highest BCUT2D eigenvalue weighted by molar-refractivity contribution is 5.87. The summed E-state index contributed by atoms with van der Waals surface area (Å²) in [6.45, 7) is 5.45. The molecule has 9 heteroatoms. The predicted molar refractivity (Wildman–Crippen MR) is 104 cm³/mol. The van der Waals surface area contributed by atoms with Crippen LogP contribution in [0.2, 0.25) is 0 Å². The molecule has 0 aliphatic carbocycles. The molecule has 1 unspecified atom stereocenters. The number of rotatable bonds is 10. The lowest BCUT2D eigenvalue weighted by atomic mass is 10.2. The van der Waals surface area contributed by atoms with Crippen molar-refractivity contribution in [2.45, 2.75) is 58.3 Å². The van der Waals surface area contributed by atoms with E-state index in [0.29, 0.717) is 6.42 Å². The van der Waals surface area contributed by atoms with E-state index in [1.807, 2.05) is 6.07 Å². The maximum Gasteiger partial charge on any atom is 0.408 e. The molecule has 1 rings (SSSR count). The Morgan fingerprint density at radius 1 is 1.10 bits per heavy atom. The SMILES string of the molecule is CC(C)(C)OC(=O)CCCNC(=O)CC(NC(=O)OCc1ccccc1)C(=O)O. The number of carbonyl (C=O) groups excluding carboxylic acids is 3. The van der Waals surface area contributed by atoms with Gasteiger partial charge >= 0.3 is 18.0 Å². The zero-order valence-electron chi connectivity index (χ0n) is 16.9. The highest BCUT2D eigenvalue weighted by atomic mass is 16.6. The van der Waals surface area contributed by atoms with Crippen molar-refractivity contribution >= 4 is 23.9 Å². The molecule has 2 amide bonds. The Bertz CT molecular complexity index is 699. The highest BCUT2D eigenvalue weighted by Gasteiger charge is 2.24. The third-order valence-corrected chi connectivity index (χ3v) is 3.49. The molecule has 0 aliphatic rings. The van der Waals surface area contributed by atoms with Crippen molar-refractivity contribution in [1.82, 2.24) is 10.6 Å². The van der Waals surface area contributed by atoms with Gasteiger partial charge in [-0.1, -0.05) is 30.3 Å². The molecule has 1 aromatic carbocycles. The average molecular weight is 408 g/mol. The maximum absolute atomic E-state index is 11.9. The van der Waals surface area contributed by atoms with Crippen LogP contribution in [0.5, 0.6) is 0 Å². The number of hydrogen-bond acceptors (Lipinski definition) is 6. The van der Waals surface area contributed by atoms with Crippen LogP contribution in [0.4, 0.5) is 4.79 Å². The van der Waals surface area contributed by atoms with Gasteiger partial charge in [-0.3, -0.25) is 9.59 Å². The average Bonchev–Trinajstić information content (AvgIpc) is 2.62. The van der Waals surface area contributed by atoms with Crippen molar-refractivity contribution in [3.63, 3.8) is 0 Å². The first kappa shape index (κ1) is 23.9. The second kappa shape index (κ2) is 11.7. The van der Waals surface area contributed by atoms with E-state index >= 15 is 0 Å². The number of carbonyl (C=O) groups is 4. The van der Waals surface area contributed by atoms with Gasteiger partial charge in [-0.2, -0.15) is 0 Å². The third kappa shape index (κ3) is 11.4. The zero-order valence-corrected chi connectivity index (χ0v) is 16.9. The van der Waals surface area contributed by atoms with Gasteiger partial charge in [-0.25, -0.2) is 9.59 Å². The first-order chi connectivity index (χ1) is 13.6. The lowest BCUT2D eigenvalue weighted by Crippen LogP contribution is -2.44. The van der Waals surface area contributed by atoms with Crippen LogP contribution in [-0.4, -0.2) is 47.2 Å². The van der Waals surface area contributed by atoms with Crippen molar-refractivity contribution < 1.29 is 33.8 Å². The van der Waals surface area contributed by atoms with Crippen LogP contribution >= 0.6 is 0 Å². The number of ether oxygens (including phenoxy) is 2. The van der Waals surface area contributed by atoms with Gasteiger partial charge in [0.05, 0.1) is 6.42 Å². The molecule has 0 saturated carbocycles. The fraction of sp³-hybridized carbons (Fsp3) is 0.500. The molecule has 0 saturated heterocycles. The van der Waals surface area contributed by atoms with Gasteiger partial charge in [0.25, 0.3) is 0 Å². The largest absolute Gasteiger partial charge is 0.480 e. The van der Waals surface area contributed by atoms with Crippen molar-refractivity contribution in [2.24, 2.45) is 0 Å². The Hall–Kier alpha value is -3.10. The van der Waals surface area contributed by atoms with Gasteiger partial charge in [-0.15, -0.1) is 0 Å². The minimum atomic E-state index is -1.43. The molecule has 1 atom stereocenters. The van der Waals surface area contributed by atoms with Crippen LogP contribution < -0.4 is 10.6 Å². The molecular weight excluding hydrogens is 380 g/mol. The van der Waals surface area contributed by atoms with Gasteiger partial charge in [-0.05, 0) is 32.8 Å². The zero-order chi connectivity index (χ0) is 21.9. The monoisotopic (exact) mass is 408 g/mol. The van der Waals surface area contributed by atoms with Crippen LogP contribution in [0.3, 0.4) is 0 Å². The lowest BCUT2D eigenvalue weighted by molar-refractivity contribution is -0.155. The highest BCUT2D eigenvalue weighted by Crippen LogP contribution is 2.09. The van der Waals surface area contributed by atoms with Gasteiger partial charge in [0, 0.05) is 13.0 Å². The summed E-state index contributed by atoms with van der Waals surface area (Å²) in [6.07, 6.45) is -0.907. The van der Waals surface area contributed by atoms with E-state index in [-0.39, 0.29) is 25.5 Å². The third-order valence-electron chi connectivity index (χ3n) is 3.49. The summed E-state index contributed by atoms with van der Waals surface area (Å²) in [5.41, 5.74) is 0.174. The fourth-order valence-electron chi connectivity index (χ4n) is 2.22. The Kier molecular flexibility index (Phi) is 9.64. The number of nitrogens with one attached hydrogen (secondary N) is 2. The molecule has 0 radical (unpaired) electrons. The second-order valence-electron chi connectivity index (χ2n) is 7.34. The van der Waals surface area contributed by atoms with Gasteiger partial charge < -0.3 is 25.2 Å². The summed E-state index contributed by atoms with van der Waals surface area (Å²) in [4.78, 5) is 46.6. The van der Waals surface area contributed by atoms with Crippen molar-refractivity contribution in [3.8, 4) is 0 Å². The first-order valence-corrected chi connectivity index (χ1v) is 9.25. The molecule has 0 fully saturated rings. The minimum absolute atomic E-state index is 0.0180. The van der Waals surface area contributed by atoms with E-state index in [0.717, 1.165) is 5.56 Å². The van der Waals surface area contributed by atoms with Gasteiger partial charge in [0.1, 0.15) is 18.2 Å². The second-order valence-corrected chi connectivity index (χ2v) is 7.34. The number of alkyl carbamates (subject to hydrolysis) is 1. The summed E-state index contributed by atoms with van der Waals surface area (Å²) in [7, 11) is 0. The van der Waals surface area contributed by atoms with Gasteiger partial charge in [0.15, 0.2) is 0 Å². The summed E-state index contributed by atoms with van der Waals surface area (Å²) in [6, 6.07) is 7.47. The minimum Gasteiger partial charge on any atom is -0.480 e. The number of aliphatic carboxylic acids is 1. The molecule has 29 heavy (non-hydrogen) atoms. The van der Waals surface area contributed by atoms with E-state index in [1.165, 1.54) is 0 Å². The maximum atomic E-state index is 11.9. The van der Waals surface area contributed by atoms with Crippen LogP contribution in [0.15, 0.2) is 30.3 Å².